The number of rotatable bonds is 5. The molecule has 0 aromatic carbocycles. The van der Waals surface area contributed by atoms with E-state index in [0.29, 0.717) is 6.54 Å². The first-order chi connectivity index (χ1) is 9.02. The van der Waals surface area contributed by atoms with Crippen molar-refractivity contribution in [3.63, 3.8) is 0 Å². The standard InChI is InChI=1S/C14H24N2O3/c1-3-11(8-10-4-5-10)15-14(19)16-7-6-9(2)12(16)13(17)18/h9-12H,3-8H2,1-2H3,(H,15,19)(H,17,18). The van der Waals surface area contributed by atoms with Gasteiger partial charge in [-0.1, -0.05) is 26.7 Å². The van der Waals surface area contributed by atoms with Gasteiger partial charge in [0.1, 0.15) is 6.04 Å². The molecule has 5 nitrogen and oxygen atoms in total. The van der Waals surface area contributed by atoms with Gasteiger partial charge in [0.15, 0.2) is 0 Å². The minimum absolute atomic E-state index is 0.0340. The summed E-state index contributed by atoms with van der Waals surface area (Å²) in [7, 11) is 0. The highest BCUT2D eigenvalue weighted by Crippen LogP contribution is 2.34. The van der Waals surface area contributed by atoms with Crippen LogP contribution in [0.3, 0.4) is 0 Å². The fraction of sp³-hybridized carbons (Fsp3) is 0.857. The summed E-state index contributed by atoms with van der Waals surface area (Å²) in [5.74, 6) is -0.0971. The molecule has 108 valence electrons. The number of carboxylic acid groups (broad SMARTS) is 1. The van der Waals surface area contributed by atoms with Crippen molar-refractivity contribution in [2.75, 3.05) is 6.54 Å². The number of carbonyl (C=O) groups excluding carboxylic acids is 1. The Labute approximate surface area is 114 Å². The predicted octanol–water partition coefficient (Wildman–Crippen LogP) is 2.07. The Morgan fingerprint density at radius 2 is 2.05 bits per heavy atom. The fourth-order valence-corrected chi connectivity index (χ4v) is 2.89. The second-order valence-electron chi connectivity index (χ2n) is 5.98. The van der Waals surface area contributed by atoms with Crippen molar-refractivity contribution in [1.82, 2.24) is 10.2 Å². The van der Waals surface area contributed by atoms with E-state index >= 15 is 0 Å². The third-order valence-electron chi connectivity index (χ3n) is 4.35. The van der Waals surface area contributed by atoms with E-state index in [1.165, 1.54) is 17.7 Å². The average Bonchev–Trinajstić information content (AvgIpc) is 3.08. The Morgan fingerprint density at radius 1 is 1.37 bits per heavy atom. The van der Waals surface area contributed by atoms with E-state index in [1.54, 1.807) is 0 Å². The lowest BCUT2D eigenvalue weighted by Crippen LogP contribution is -2.50. The Hall–Kier alpha value is -1.26. The molecular weight excluding hydrogens is 244 g/mol. The molecule has 1 heterocycles. The molecule has 1 saturated heterocycles. The molecule has 0 aromatic heterocycles. The van der Waals surface area contributed by atoms with E-state index in [1.807, 2.05) is 6.92 Å². The van der Waals surface area contributed by atoms with Gasteiger partial charge in [0.2, 0.25) is 0 Å². The van der Waals surface area contributed by atoms with Crippen LogP contribution in [-0.2, 0) is 4.79 Å². The molecule has 0 radical (unpaired) electrons. The second kappa shape index (κ2) is 5.80. The van der Waals surface area contributed by atoms with Crippen LogP contribution < -0.4 is 5.32 Å². The van der Waals surface area contributed by atoms with Gasteiger partial charge in [-0.15, -0.1) is 0 Å². The molecule has 1 saturated carbocycles. The Morgan fingerprint density at radius 3 is 2.58 bits per heavy atom. The topological polar surface area (TPSA) is 69.6 Å². The molecule has 3 unspecified atom stereocenters. The highest BCUT2D eigenvalue weighted by atomic mass is 16.4. The first kappa shape index (κ1) is 14.2. The number of hydrogen-bond donors (Lipinski definition) is 2. The molecule has 1 aliphatic heterocycles. The SMILES string of the molecule is CCC(CC1CC1)NC(=O)N1CCC(C)C1C(=O)O. The minimum Gasteiger partial charge on any atom is -0.480 e. The highest BCUT2D eigenvalue weighted by molar-refractivity contribution is 5.83. The van der Waals surface area contributed by atoms with Crippen molar-refractivity contribution in [2.45, 2.75) is 58.0 Å². The zero-order valence-electron chi connectivity index (χ0n) is 11.8. The first-order valence-corrected chi connectivity index (χ1v) is 7.32. The van der Waals surface area contributed by atoms with Crippen LogP contribution in [0.4, 0.5) is 4.79 Å². The smallest absolute Gasteiger partial charge is 0.326 e. The van der Waals surface area contributed by atoms with Crippen molar-refractivity contribution in [3.8, 4) is 0 Å². The van der Waals surface area contributed by atoms with Crippen LogP contribution in [0.25, 0.3) is 0 Å². The summed E-state index contributed by atoms with van der Waals surface area (Å²) in [6.45, 7) is 4.51. The van der Waals surface area contributed by atoms with Crippen molar-refractivity contribution in [3.05, 3.63) is 0 Å². The van der Waals surface area contributed by atoms with Crippen LogP contribution in [0.5, 0.6) is 0 Å². The number of nitrogens with one attached hydrogen (secondary N) is 1. The van der Waals surface area contributed by atoms with E-state index in [-0.39, 0.29) is 18.0 Å². The van der Waals surface area contributed by atoms with Gasteiger partial charge in [-0.3, -0.25) is 0 Å². The van der Waals surface area contributed by atoms with Crippen molar-refractivity contribution in [2.24, 2.45) is 11.8 Å². The lowest BCUT2D eigenvalue weighted by molar-refractivity contribution is -0.142. The molecule has 0 spiro atoms. The predicted molar refractivity (Wildman–Crippen MR) is 71.9 cm³/mol. The molecule has 2 aliphatic rings. The summed E-state index contributed by atoms with van der Waals surface area (Å²) < 4.78 is 0. The van der Waals surface area contributed by atoms with Gasteiger partial charge in [-0.2, -0.15) is 0 Å². The molecule has 0 aromatic rings. The molecule has 1 aliphatic carbocycles. The summed E-state index contributed by atoms with van der Waals surface area (Å²) in [4.78, 5) is 25.0. The van der Waals surface area contributed by atoms with Crippen LogP contribution in [-0.4, -0.2) is 40.6 Å². The molecule has 2 amide bonds. The number of likely N-dealkylation sites (tertiary alicyclic amines) is 1. The van der Waals surface area contributed by atoms with E-state index < -0.39 is 12.0 Å². The van der Waals surface area contributed by atoms with Gasteiger partial charge < -0.3 is 15.3 Å². The maximum atomic E-state index is 12.2. The lowest BCUT2D eigenvalue weighted by atomic mass is 10.0. The van der Waals surface area contributed by atoms with Crippen molar-refractivity contribution < 1.29 is 14.7 Å². The molecule has 2 N–H and O–H groups in total. The molecule has 2 fully saturated rings. The lowest BCUT2D eigenvalue weighted by Gasteiger charge is -2.26. The summed E-state index contributed by atoms with van der Waals surface area (Å²) in [6, 6.07) is -0.687. The second-order valence-corrected chi connectivity index (χ2v) is 5.98. The van der Waals surface area contributed by atoms with Gasteiger partial charge in [0.05, 0.1) is 0 Å². The number of carboxylic acids is 1. The molecule has 3 atom stereocenters. The van der Waals surface area contributed by atoms with Gasteiger partial charge in [0, 0.05) is 12.6 Å². The van der Waals surface area contributed by atoms with Gasteiger partial charge in [-0.25, -0.2) is 9.59 Å². The first-order valence-electron chi connectivity index (χ1n) is 7.32. The van der Waals surface area contributed by atoms with Crippen molar-refractivity contribution in [1.29, 1.82) is 0 Å². The van der Waals surface area contributed by atoms with Gasteiger partial charge in [0.25, 0.3) is 0 Å². The third-order valence-corrected chi connectivity index (χ3v) is 4.35. The average molecular weight is 268 g/mol. The number of carbonyl (C=O) groups is 2. The van der Waals surface area contributed by atoms with Crippen LogP contribution in [0.1, 0.15) is 46.0 Å². The normalized spacial score (nSPS) is 28.2. The van der Waals surface area contributed by atoms with E-state index in [4.69, 9.17) is 0 Å². The Bertz CT molecular complexity index is 355. The molecular formula is C14H24N2O3. The van der Waals surface area contributed by atoms with Crippen molar-refractivity contribution >= 4 is 12.0 Å². The summed E-state index contributed by atoms with van der Waals surface area (Å²) in [5, 5.41) is 12.2. The van der Waals surface area contributed by atoms with Gasteiger partial charge in [-0.05, 0) is 31.1 Å². The fourth-order valence-electron chi connectivity index (χ4n) is 2.89. The number of hydrogen-bond acceptors (Lipinski definition) is 2. The quantitative estimate of drug-likeness (QED) is 0.802. The Balaban J connectivity index is 1.92. The largest absolute Gasteiger partial charge is 0.480 e. The summed E-state index contributed by atoms with van der Waals surface area (Å²) in [6.07, 6.45) is 5.24. The van der Waals surface area contributed by atoms with Gasteiger partial charge >= 0.3 is 12.0 Å². The number of urea groups is 1. The molecule has 0 bridgehead atoms. The highest BCUT2D eigenvalue weighted by Gasteiger charge is 2.40. The number of aliphatic carboxylic acids is 1. The van der Waals surface area contributed by atoms with Crippen LogP contribution in [0.15, 0.2) is 0 Å². The van der Waals surface area contributed by atoms with Crippen LogP contribution in [0.2, 0.25) is 0 Å². The summed E-state index contributed by atoms with van der Waals surface area (Å²) in [5.41, 5.74) is 0. The zero-order chi connectivity index (χ0) is 14.0. The number of amides is 2. The zero-order valence-corrected chi connectivity index (χ0v) is 11.8. The monoisotopic (exact) mass is 268 g/mol. The Kier molecular flexibility index (Phi) is 4.32. The van der Waals surface area contributed by atoms with E-state index in [0.717, 1.165) is 25.2 Å². The van der Waals surface area contributed by atoms with E-state index in [9.17, 15) is 14.7 Å². The molecule has 2 rings (SSSR count). The van der Waals surface area contributed by atoms with E-state index in [2.05, 4.69) is 12.2 Å². The maximum absolute atomic E-state index is 12.2. The maximum Gasteiger partial charge on any atom is 0.326 e. The third kappa shape index (κ3) is 3.39. The van der Waals surface area contributed by atoms with Crippen LogP contribution in [0, 0.1) is 11.8 Å². The minimum atomic E-state index is -0.893. The molecule has 5 heteroatoms. The summed E-state index contributed by atoms with van der Waals surface area (Å²) >= 11 is 0. The van der Waals surface area contributed by atoms with Crippen LogP contribution >= 0.6 is 0 Å². The molecule has 19 heavy (non-hydrogen) atoms. The number of nitrogens with zero attached hydrogens (tertiary/aromatic N) is 1.